The second-order valence-electron chi connectivity index (χ2n) is 8.05. The van der Waals surface area contributed by atoms with Crippen LogP contribution in [0.4, 0.5) is 10.1 Å². The van der Waals surface area contributed by atoms with Crippen LogP contribution >= 0.6 is 0 Å². The number of rotatable bonds is 8. The third kappa shape index (κ3) is 4.17. The molecular weight excluding hydrogens is 403 g/mol. The molecule has 5 nitrogen and oxygen atoms in total. The average Bonchev–Trinajstić information content (AvgIpc) is 3.18. The first-order valence-corrected chi connectivity index (χ1v) is 11.2. The van der Waals surface area contributed by atoms with E-state index in [1.165, 1.54) is 27.9 Å². The van der Waals surface area contributed by atoms with Crippen molar-refractivity contribution in [3.8, 4) is 0 Å². The SMILES string of the molecule is CCc1nc2c(C)cc3ccccc3c2n1CCCCNC(=O)c1ccc(NC)c(F)c1. The highest BCUT2D eigenvalue weighted by molar-refractivity contribution is 6.06. The van der Waals surface area contributed by atoms with Crippen molar-refractivity contribution in [2.75, 3.05) is 18.9 Å². The van der Waals surface area contributed by atoms with Crippen molar-refractivity contribution in [2.24, 2.45) is 0 Å². The molecule has 0 atom stereocenters. The molecule has 4 rings (SSSR count). The summed E-state index contributed by atoms with van der Waals surface area (Å²) in [5, 5.41) is 8.10. The molecule has 0 bridgehead atoms. The van der Waals surface area contributed by atoms with Crippen LogP contribution in [0.5, 0.6) is 0 Å². The largest absolute Gasteiger partial charge is 0.386 e. The minimum atomic E-state index is -0.429. The van der Waals surface area contributed by atoms with Gasteiger partial charge in [-0.15, -0.1) is 0 Å². The monoisotopic (exact) mass is 432 g/mol. The molecule has 0 saturated carbocycles. The van der Waals surface area contributed by atoms with Crippen molar-refractivity contribution in [1.29, 1.82) is 0 Å². The lowest BCUT2D eigenvalue weighted by molar-refractivity contribution is 0.0952. The highest BCUT2D eigenvalue weighted by Crippen LogP contribution is 2.29. The summed E-state index contributed by atoms with van der Waals surface area (Å²) in [7, 11) is 1.65. The molecule has 2 N–H and O–H groups in total. The molecule has 6 heteroatoms. The lowest BCUT2D eigenvalue weighted by Gasteiger charge is -2.11. The molecule has 0 aliphatic rings. The normalized spacial score (nSPS) is 11.2. The van der Waals surface area contributed by atoms with Crippen molar-refractivity contribution < 1.29 is 9.18 Å². The van der Waals surface area contributed by atoms with E-state index in [1.807, 2.05) is 0 Å². The number of benzene rings is 3. The average molecular weight is 433 g/mol. The molecule has 0 unspecified atom stereocenters. The number of carbonyl (C=O) groups is 1. The number of nitrogens with zero attached hydrogens (tertiary/aromatic N) is 2. The summed E-state index contributed by atoms with van der Waals surface area (Å²) < 4.78 is 16.2. The van der Waals surface area contributed by atoms with Gasteiger partial charge in [0.1, 0.15) is 11.6 Å². The summed E-state index contributed by atoms with van der Waals surface area (Å²) >= 11 is 0. The van der Waals surface area contributed by atoms with E-state index >= 15 is 0 Å². The van der Waals surface area contributed by atoms with Crippen molar-refractivity contribution in [3.63, 3.8) is 0 Å². The van der Waals surface area contributed by atoms with Crippen LogP contribution in [0.15, 0.2) is 48.5 Å². The first-order valence-electron chi connectivity index (χ1n) is 11.2. The Hall–Kier alpha value is -3.41. The molecular formula is C26H29FN4O. The van der Waals surface area contributed by atoms with Gasteiger partial charge in [0, 0.05) is 37.5 Å². The second-order valence-corrected chi connectivity index (χ2v) is 8.05. The van der Waals surface area contributed by atoms with Gasteiger partial charge in [0.25, 0.3) is 5.91 Å². The zero-order valence-corrected chi connectivity index (χ0v) is 18.8. The topological polar surface area (TPSA) is 59.0 Å². The fraction of sp³-hybridized carbons (Fsp3) is 0.308. The summed E-state index contributed by atoms with van der Waals surface area (Å²) in [4.78, 5) is 17.3. The predicted molar refractivity (Wildman–Crippen MR) is 129 cm³/mol. The standard InChI is InChI=1S/C26H29FN4O/c1-4-23-30-24-17(2)15-18-9-5-6-10-20(18)25(24)31(23)14-8-7-13-29-26(32)19-11-12-22(28-3)21(27)16-19/h5-6,9-12,15-16,28H,4,7-8,13-14H2,1-3H3,(H,29,32). The van der Waals surface area contributed by atoms with Crippen molar-refractivity contribution in [1.82, 2.24) is 14.9 Å². The van der Waals surface area contributed by atoms with Crippen LogP contribution in [-0.2, 0) is 13.0 Å². The summed E-state index contributed by atoms with van der Waals surface area (Å²) in [5.41, 5.74) is 4.17. The van der Waals surface area contributed by atoms with Crippen LogP contribution in [0.2, 0.25) is 0 Å². The third-order valence-corrected chi connectivity index (χ3v) is 5.92. The number of nitrogens with one attached hydrogen (secondary N) is 2. The first kappa shape index (κ1) is 21.8. The molecule has 3 aromatic carbocycles. The van der Waals surface area contributed by atoms with Crippen molar-refractivity contribution in [2.45, 2.75) is 39.7 Å². The van der Waals surface area contributed by atoms with Gasteiger partial charge in [-0.1, -0.05) is 31.2 Å². The van der Waals surface area contributed by atoms with E-state index in [2.05, 4.69) is 59.4 Å². The predicted octanol–water partition coefficient (Wildman–Crippen LogP) is 5.45. The molecule has 1 aromatic heterocycles. The van der Waals surface area contributed by atoms with Gasteiger partial charge in [0.2, 0.25) is 0 Å². The number of carbonyl (C=O) groups excluding carboxylic acids is 1. The molecule has 0 fully saturated rings. The Morgan fingerprint density at radius 3 is 2.69 bits per heavy atom. The Morgan fingerprint density at radius 2 is 1.94 bits per heavy atom. The molecule has 1 amide bonds. The minimum Gasteiger partial charge on any atom is -0.386 e. The number of hydrogen-bond acceptors (Lipinski definition) is 3. The van der Waals surface area contributed by atoms with Gasteiger partial charge in [-0.2, -0.15) is 0 Å². The summed E-state index contributed by atoms with van der Waals surface area (Å²) in [6.45, 7) is 5.64. The van der Waals surface area contributed by atoms with Gasteiger partial charge in [-0.05, 0) is 55.0 Å². The van der Waals surface area contributed by atoms with Crippen molar-refractivity contribution >= 4 is 33.4 Å². The van der Waals surface area contributed by atoms with Crippen LogP contribution in [-0.4, -0.2) is 29.1 Å². The summed E-state index contributed by atoms with van der Waals surface area (Å²) in [6, 6.07) is 15.1. The molecule has 0 saturated heterocycles. The number of anilines is 1. The lowest BCUT2D eigenvalue weighted by Crippen LogP contribution is -2.24. The number of aromatic nitrogens is 2. The third-order valence-electron chi connectivity index (χ3n) is 5.92. The molecule has 0 radical (unpaired) electrons. The van der Waals surface area contributed by atoms with Crippen LogP contribution in [0.25, 0.3) is 21.8 Å². The Morgan fingerprint density at radius 1 is 1.12 bits per heavy atom. The van der Waals surface area contributed by atoms with Crippen molar-refractivity contribution in [3.05, 3.63) is 71.3 Å². The van der Waals surface area contributed by atoms with E-state index in [0.29, 0.717) is 17.8 Å². The highest BCUT2D eigenvalue weighted by Gasteiger charge is 2.15. The zero-order valence-electron chi connectivity index (χ0n) is 18.8. The number of fused-ring (bicyclic) bond motifs is 3. The van der Waals surface area contributed by atoms with Gasteiger partial charge >= 0.3 is 0 Å². The molecule has 32 heavy (non-hydrogen) atoms. The maximum Gasteiger partial charge on any atom is 0.251 e. The van der Waals surface area contributed by atoms with Crippen LogP contribution in [0.3, 0.4) is 0 Å². The Labute approximate surface area is 187 Å². The highest BCUT2D eigenvalue weighted by atomic mass is 19.1. The van der Waals surface area contributed by atoms with Crippen LogP contribution in [0, 0.1) is 12.7 Å². The summed E-state index contributed by atoms with van der Waals surface area (Å²) in [6.07, 6.45) is 2.61. The summed E-state index contributed by atoms with van der Waals surface area (Å²) in [5.74, 6) is 0.404. The van der Waals surface area contributed by atoms with E-state index in [4.69, 9.17) is 4.98 Å². The number of hydrogen-bond donors (Lipinski definition) is 2. The Kier molecular flexibility index (Phi) is 6.40. The number of imidazole rings is 1. The number of unbranched alkanes of at least 4 members (excludes halogenated alkanes) is 1. The van der Waals surface area contributed by atoms with Gasteiger partial charge < -0.3 is 15.2 Å². The first-order chi connectivity index (χ1) is 15.5. The molecule has 4 aromatic rings. The maximum absolute atomic E-state index is 13.9. The number of aryl methyl sites for hydroxylation is 3. The van der Waals surface area contributed by atoms with Gasteiger partial charge in [0.05, 0.1) is 16.7 Å². The lowest BCUT2D eigenvalue weighted by atomic mass is 10.1. The minimum absolute atomic E-state index is 0.254. The van der Waals surface area contributed by atoms with E-state index < -0.39 is 5.82 Å². The fourth-order valence-electron chi connectivity index (χ4n) is 4.26. The maximum atomic E-state index is 13.9. The van der Waals surface area contributed by atoms with Crippen LogP contribution < -0.4 is 10.6 Å². The molecule has 1 heterocycles. The van der Waals surface area contributed by atoms with E-state index in [-0.39, 0.29) is 5.91 Å². The van der Waals surface area contributed by atoms with E-state index in [9.17, 15) is 9.18 Å². The van der Waals surface area contributed by atoms with Gasteiger partial charge in [-0.3, -0.25) is 4.79 Å². The van der Waals surface area contributed by atoms with Crippen LogP contribution in [0.1, 0.15) is 41.5 Å². The number of amides is 1. The Bertz CT molecular complexity index is 1280. The quantitative estimate of drug-likeness (QED) is 0.364. The molecule has 0 aliphatic carbocycles. The molecule has 0 aliphatic heterocycles. The molecule has 166 valence electrons. The zero-order chi connectivity index (χ0) is 22.7. The smallest absolute Gasteiger partial charge is 0.251 e. The van der Waals surface area contributed by atoms with Gasteiger partial charge in [-0.25, -0.2) is 9.37 Å². The number of halogens is 1. The van der Waals surface area contributed by atoms with E-state index in [1.54, 1.807) is 19.2 Å². The molecule has 0 spiro atoms. The van der Waals surface area contributed by atoms with E-state index in [0.717, 1.165) is 37.1 Å². The van der Waals surface area contributed by atoms with Gasteiger partial charge in [0.15, 0.2) is 0 Å². The second kappa shape index (κ2) is 9.39. The Balaban J connectivity index is 1.43. The fourth-order valence-corrected chi connectivity index (χ4v) is 4.26.